The van der Waals surface area contributed by atoms with Gasteiger partial charge in [0, 0.05) is 26.2 Å². The van der Waals surface area contributed by atoms with Gasteiger partial charge in [-0.3, -0.25) is 4.90 Å². The predicted octanol–water partition coefficient (Wildman–Crippen LogP) is 2.02. The Labute approximate surface area is 130 Å². The predicted molar refractivity (Wildman–Crippen MR) is 83.5 cm³/mol. The fourth-order valence-corrected chi connectivity index (χ4v) is 2.85. The van der Waals surface area contributed by atoms with E-state index in [0.717, 1.165) is 43.5 Å². The van der Waals surface area contributed by atoms with Gasteiger partial charge in [0.2, 0.25) is 0 Å². The van der Waals surface area contributed by atoms with Crippen LogP contribution in [0.4, 0.5) is 4.39 Å². The van der Waals surface area contributed by atoms with Gasteiger partial charge in [0.1, 0.15) is 17.5 Å². The molecule has 1 aromatic heterocycles. The van der Waals surface area contributed by atoms with Crippen molar-refractivity contribution in [3.05, 3.63) is 41.7 Å². The molecule has 2 heterocycles. The van der Waals surface area contributed by atoms with Gasteiger partial charge in [-0.2, -0.15) is 5.10 Å². The van der Waals surface area contributed by atoms with Crippen LogP contribution in [0, 0.1) is 12.7 Å². The molecule has 5 nitrogen and oxygen atoms in total. The van der Waals surface area contributed by atoms with Crippen molar-refractivity contribution in [2.45, 2.75) is 19.9 Å². The number of piperazine rings is 1. The van der Waals surface area contributed by atoms with Crippen LogP contribution in [-0.2, 0) is 0 Å². The monoisotopic (exact) mass is 303 g/mol. The number of hydrogen-bond donors (Lipinski definition) is 0. The molecule has 1 saturated heterocycles. The molecule has 2 aromatic rings. The van der Waals surface area contributed by atoms with Gasteiger partial charge in [-0.15, -0.1) is 0 Å². The van der Waals surface area contributed by atoms with E-state index in [9.17, 15) is 4.39 Å². The van der Waals surface area contributed by atoms with Crippen LogP contribution in [-0.4, -0.2) is 57.8 Å². The zero-order valence-corrected chi connectivity index (χ0v) is 13.3. The SMILES string of the molecule is Cc1nc(C(C)N2CCN(C)CC2)n(-c2ccc(F)cc2)n1. The third-order valence-electron chi connectivity index (χ3n) is 4.27. The maximum Gasteiger partial charge on any atom is 0.149 e. The first-order valence-corrected chi connectivity index (χ1v) is 7.66. The average molecular weight is 303 g/mol. The topological polar surface area (TPSA) is 37.2 Å². The summed E-state index contributed by atoms with van der Waals surface area (Å²) in [5.74, 6) is 1.41. The minimum atomic E-state index is -0.241. The molecule has 0 amide bonds. The van der Waals surface area contributed by atoms with Crippen LogP contribution in [0.25, 0.3) is 5.69 Å². The summed E-state index contributed by atoms with van der Waals surface area (Å²) in [6.07, 6.45) is 0. The van der Waals surface area contributed by atoms with E-state index >= 15 is 0 Å². The van der Waals surface area contributed by atoms with Crippen molar-refractivity contribution in [1.29, 1.82) is 0 Å². The lowest BCUT2D eigenvalue weighted by Gasteiger charge is -2.35. The highest BCUT2D eigenvalue weighted by molar-refractivity contribution is 5.32. The lowest BCUT2D eigenvalue weighted by atomic mass is 10.2. The molecule has 0 N–H and O–H groups in total. The molecule has 0 saturated carbocycles. The normalized spacial score (nSPS) is 18.5. The van der Waals surface area contributed by atoms with Crippen LogP contribution in [0.3, 0.4) is 0 Å². The van der Waals surface area contributed by atoms with Crippen molar-refractivity contribution in [1.82, 2.24) is 24.6 Å². The quantitative estimate of drug-likeness (QED) is 0.869. The van der Waals surface area contributed by atoms with Crippen LogP contribution in [0.15, 0.2) is 24.3 Å². The van der Waals surface area contributed by atoms with E-state index < -0.39 is 0 Å². The smallest absolute Gasteiger partial charge is 0.149 e. The van der Waals surface area contributed by atoms with Crippen LogP contribution in [0.5, 0.6) is 0 Å². The van der Waals surface area contributed by atoms with Gasteiger partial charge in [-0.05, 0) is 45.2 Å². The van der Waals surface area contributed by atoms with Gasteiger partial charge in [0.25, 0.3) is 0 Å². The van der Waals surface area contributed by atoms with Crippen molar-refractivity contribution < 1.29 is 4.39 Å². The number of rotatable bonds is 3. The minimum absolute atomic E-state index is 0.181. The third kappa shape index (κ3) is 3.03. The van der Waals surface area contributed by atoms with E-state index in [1.54, 1.807) is 12.1 Å². The Morgan fingerprint density at radius 3 is 2.36 bits per heavy atom. The second kappa shape index (κ2) is 6.14. The first kappa shape index (κ1) is 15.1. The van der Waals surface area contributed by atoms with Crippen molar-refractivity contribution in [3.63, 3.8) is 0 Å². The maximum absolute atomic E-state index is 13.1. The second-order valence-electron chi connectivity index (χ2n) is 5.92. The van der Waals surface area contributed by atoms with Gasteiger partial charge >= 0.3 is 0 Å². The summed E-state index contributed by atoms with van der Waals surface area (Å²) in [7, 11) is 2.15. The molecule has 0 spiro atoms. The van der Waals surface area contributed by atoms with Crippen molar-refractivity contribution in [2.75, 3.05) is 33.2 Å². The fraction of sp³-hybridized carbons (Fsp3) is 0.500. The molecule has 1 aliphatic heterocycles. The summed E-state index contributed by atoms with van der Waals surface area (Å²) in [6, 6.07) is 6.57. The molecule has 1 fully saturated rings. The van der Waals surface area contributed by atoms with Crippen LogP contribution in [0.1, 0.15) is 24.6 Å². The Morgan fingerprint density at radius 1 is 1.09 bits per heavy atom. The molecule has 1 aliphatic rings. The van der Waals surface area contributed by atoms with Gasteiger partial charge in [0.15, 0.2) is 0 Å². The fourth-order valence-electron chi connectivity index (χ4n) is 2.85. The Kier molecular flexibility index (Phi) is 4.22. The molecule has 118 valence electrons. The summed E-state index contributed by atoms with van der Waals surface area (Å²) in [5.41, 5.74) is 0.845. The number of benzene rings is 1. The molecule has 22 heavy (non-hydrogen) atoms. The second-order valence-corrected chi connectivity index (χ2v) is 5.92. The van der Waals surface area contributed by atoms with Crippen molar-refractivity contribution >= 4 is 0 Å². The highest BCUT2D eigenvalue weighted by Gasteiger charge is 2.25. The zero-order valence-electron chi connectivity index (χ0n) is 13.3. The Balaban J connectivity index is 1.89. The Hall–Kier alpha value is -1.79. The third-order valence-corrected chi connectivity index (χ3v) is 4.27. The van der Waals surface area contributed by atoms with Crippen LogP contribution in [0.2, 0.25) is 0 Å². The molecule has 1 unspecified atom stereocenters. The molecule has 1 aromatic carbocycles. The summed E-state index contributed by atoms with van der Waals surface area (Å²) < 4.78 is 15.0. The van der Waals surface area contributed by atoms with Crippen LogP contribution >= 0.6 is 0 Å². The number of hydrogen-bond acceptors (Lipinski definition) is 4. The highest BCUT2D eigenvalue weighted by atomic mass is 19.1. The van der Waals surface area contributed by atoms with E-state index in [-0.39, 0.29) is 11.9 Å². The van der Waals surface area contributed by atoms with E-state index in [0.29, 0.717) is 0 Å². The maximum atomic E-state index is 13.1. The number of aryl methyl sites for hydroxylation is 1. The van der Waals surface area contributed by atoms with Gasteiger partial charge in [-0.25, -0.2) is 14.1 Å². The number of nitrogens with zero attached hydrogens (tertiary/aromatic N) is 5. The highest BCUT2D eigenvalue weighted by Crippen LogP contribution is 2.22. The molecule has 6 heteroatoms. The molecule has 3 rings (SSSR count). The number of likely N-dealkylation sites (N-methyl/N-ethyl adjacent to an activating group) is 1. The molecule has 0 aliphatic carbocycles. The number of halogens is 1. The van der Waals surface area contributed by atoms with E-state index in [2.05, 4.69) is 33.9 Å². The van der Waals surface area contributed by atoms with E-state index in [4.69, 9.17) is 0 Å². The lowest BCUT2D eigenvalue weighted by Crippen LogP contribution is -2.45. The first-order valence-electron chi connectivity index (χ1n) is 7.66. The van der Waals surface area contributed by atoms with Gasteiger partial charge in [-0.1, -0.05) is 0 Å². The minimum Gasteiger partial charge on any atom is -0.304 e. The Morgan fingerprint density at radius 2 is 1.73 bits per heavy atom. The van der Waals surface area contributed by atoms with E-state index in [1.807, 2.05) is 11.6 Å². The average Bonchev–Trinajstić information content (AvgIpc) is 2.90. The van der Waals surface area contributed by atoms with Crippen molar-refractivity contribution in [3.8, 4) is 5.69 Å². The lowest BCUT2D eigenvalue weighted by molar-refractivity contribution is 0.114. The summed E-state index contributed by atoms with van der Waals surface area (Å²) in [6.45, 7) is 8.22. The van der Waals surface area contributed by atoms with E-state index in [1.165, 1.54) is 12.1 Å². The standard InChI is InChI=1S/C16H22FN5/c1-12(21-10-8-20(3)9-11-21)16-18-13(2)19-22(16)15-6-4-14(17)5-7-15/h4-7,12H,8-11H2,1-3H3. The molecule has 1 atom stereocenters. The molecular formula is C16H22FN5. The molecule has 0 bridgehead atoms. The number of aromatic nitrogens is 3. The zero-order chi connectivity index (χ0) is 15.7. The first-order chi connectivity index (χ1) is 10.5. The summed E-state index contributed by atoms with van der Waals surface area (Å²) >= 11 is 0. The summed E-state index contributed by atoms with van der Waals surface area (Å²) in [5, 5.41) is 4.49. The van der Waals surface area contributed by atoms with Gasteiger partial charge < -0.3 is 4.90 Å². The van der Waals surface area contributed by atoms with Gasteiger partial charge in [0.05, 0.1) is 11.7 Å². The molecular weight excluding hydrogens is 281 g/mol. The Bertz CT molecular complexity index is 628. The summed E-state index contributed by atoms with van der Waals surface area (Å²) in [4.78, 5) is 9.36. The van der Waals surface area contributed by atoms with Crippen molar-refractivity contribution in [2.24, 2.45) is 0 Å². The van der Waals surface area contributed by atoms with Crippen LogP contribution < -0.4 is 0 Å². The molecule has 0 radical (unpaired) electrons. The largest absolute Gasteiger partial charge is 0.304 e.